The maximum absolute atomic E-state index is 13.4. The smallest absolute Gasteiger partial charge is 0.354 e. The first-order chi connectivity index (χ1) is 16.8. The van der Waals surface area contributed by atoms with Crippen molar-refractivity contribution in [2.24, 2.45) is 0 Å². The molecule has 2 aliphatic heterocycles. The summed E-state index contributed by atoms with van der Waals surface area (Å²) in [5, 5.41) is -0.703. The number of carbonyl (C=O) groups is 4. The van der Waals surface area contributed by atoms with Gasteiger partial charge in [0, 0.05) is 0 Å². The monoisotopic (exact) mass is 525 g/mol. The van der Waals surface area contributed by atoms with E-state index in [-0.39, 0.29) is 16.8 Å². The van der Waals surface area contributed by atoms with E-state index in [1.165, 1.54) is 44.9 Å². The fourth-order valence-corrected chi connectivity index (χ4v) is 8.04. The first-order valence-corrected chi connectivity index (χ1v) is 13.6. The lowest BCUT2D eigenvalue weighted by Crippen LogP contribution is -2.70. The number of esters is 1. The predicted molar refractivity (Wildman–Crippen MR) is 135 cm³/mol. The van der Waals surface area contributed by atoms with Crippen molar-refractivity contribution in [1.82, 2.24) is 14.8 Å². The molecule has 11 heteroatoms. The van der Waals surface area contributed by atoms with Gasteiger partial charge >= 0.3 is 5.97 Å². The number of imide groups is 1. The quantitative estimate of drug-likeness (QED) is 0.154. The number of hydrogen-bond acceptors (Lipinski definition) is 9. The van der Waals surface area contributed by atoms with Crippen molar-refractivity contribution >= 4 is 66.8 Å². The predicted octanol–water partition coefficient (Wildman–Crippen LogP) is 4.34. The third-order valence-corrected chi connectivity index (χ3v) is 9.70. The summed E-state index contributed by atoms with van der Waals surface area (Å²) in [4.78, 5) is 59.2. The van der Waals surface area contributed by atoms with Gasteiger partial charge in [-0.25, -0.2) is 9.78 Å². The number of β-lactam (4-membered cyclic amide) rings is 1. The number of fused-ring (bicyclic) bond motifs is 2. The van der Waals surface area contributed by atoms with Gasteiger partial charge in [-0.05, 0) is 54.5 Å². The van der Waals surface area contributed by atoms with E-state index in [1.54, 1.807) is 38.1 Å². The summed E-state index contributed by atoms with van der Waals surface area (Å²) in [5.74, 6) is -2.20. The number of amides is 3. The van der Waals surface area contributed by atoms with Crippen LogP contribution in [-0.2, 0) is 14.3 Å². The lowest BCUT2D eigenvalue weighted by molar-refractivity contribution is -0.152. The van der Waals surface area contributed by atoms with E-state index >= 15 is 0 Å². The van der Waals surface area contributed by atoms with Crippen LogP contribution in [0.25, 0.3) is 10.2 Å². The number of methoxy groups -OCH3 is 1. The van der Waals surface area contributed by atoms with Gasteiger partial charge in [-0.3, -0.25) is 24.2 Å². The molecule has 0 bridgehead atoms. The third kappa shape index (κ3) is 3.83. The van der Waals surface area contributed by atoms with Crippen LogP contribution in [0.3, 0.4) is 0 Å². The number of thiazole rings is 1. The second kappa shape index (κ2) is 9.14. The number of likely N-dealkylation sites (tertiary alicyclic amines) is 1. The average molecular weight is 526 g/mol. The summed E-state index contributed by atoms with van der Waals surface area (Å²) in [6.45, 7) is 3.41. The molecule has 2 unspecified atom stereocenters. The molecule has 3 amide bonds. The molecule has 1 fully saturated rings. The zero-order valence-corrected chi connectivity index (χ0v) is 21.3. The Labute approximate surface area is 212 Å². The fourth-order valence-electron chi connectivity index (χ4n) is 4.10. The highest BCUT2D eigenvalue weighted by molar-refractivity contribution is 8.77. The Bertz CT molecular complexity index is 1360. The van der Waals surface area contributed by atoms with Crippen LogP contribution in [0.4, 0.5) is 0 Å². The minimum Gasteiger partial charge on any atom is -0.464 e. The van der Waals surface area contributed by atoms with Crippen molar-refractivity contribution in [3.05, 3.63) is 70.9 Å². The van der Waals surface area contributed by atoms with Crippen LogP contribution < -0.4 is 0 Å². The molecule has 2 aromatic carbocycles. The fraction of sp³-hybridized carbons (Fsp3) is 0.208. The average Bonchev–Trinajstić information content (AvgIpc) is 3.38. The molecule has 2 aliphatic rings. The van der Waals surface area contributed by atoms with Crippen LogP contribution in [0.2, 0.25) is 0 Å². The van der Waals surface area contributed by atoms with Crippen LogP contribution in [0, 0.1) is 0 Å². The van der Waals surface area contributed by atoms with Gasteiger partial charge in [0.2, 0.25) is 0 Å². The Morgan fingerprint density at radius 2 is 1.63 bits per heavy atom. The normalized spacial score (nSPS) is 19.1. The summed E-state index contributed by atoms with van der Waals surface area (Å²) in [6.07, 6.45) is 0. The molecule has 1 saturated heterocycles. The summed E-state index contributed by atoms with van der Waals surface area (Å²) in [6, 6.07) is 13.2. The van der Waals surface area contributed by atoms with Crippen LogP contribution >= 0.6 is 32.9 Å². The van der Waals surface area contributed by atoms with Gasteiger partial charge in [0.25, 0.3) is 17.7 Å². The van der Waals surface area contributed by atoms with Crippen LogP contribution in [0.5, 0.6) is 0 Å². The van der Waals surface area contributed by atoms with Crippen molar-refractivity contribution in [2.45, 2.75) is 29.6 Å². The summed E-state index contributed by atoms with van der Waals surface area (Å²) >= 11 is 1.50. The number of allylic oxidation sites excluding steroid dienone is 1. The van der Waals surface area contributed by atoms with Crippen LogP contribution in [0.15, 0.2) is 64.1 Å². The Morgan fingerprint density at radius 3 is 2.23 bits per heavy atom. The molecule has 178 valence electrons. The second-order valence-corrected chi connectivity index (χ2v) is 11.6. The van der Waals surface area contributed by atoms with E-state index in [1.807, 2.05) is 24.3 Å². The highest BCUT2D eigenvalue weighted by Gasteiger charge is 2.59. The molecule has 2 atom stereocenters. The lowest BCUT2D eigenvalue weighted by atomic mass is 10.0. The maximum Gasteiger partial charge on any atom is 0.354 e. The third-order valence-electron chi connectivity index (χ3n) is 5.70. The molecule has 0 aliphatic carbocycles. The molecule has 0 saturated carbocycles. The van der Waals surface area contributed by atoms with Gasteiger partial charge in [-0.2, -0.15) is 0 Å². The number of rotatable bonds is 6. The molecule has 0 N–H and O–H groups in total. The minimum absolute atomic E-state index is 0.104. The van der Waals surface area contributed by atoms with E-state index in [0.29, 0.717) is 5.57 Å². The molecule has 5 rings (SSSR count). The number of benzene rings is 2. The molecule has 0 radical (unpaired) electrons. The molecule has 1 aromatic heterocycles. The van der Waals surface area contributed by atoms with E-state index in [4.69, 9.17) is 4.74 Å². The zero-order chi connectivity index (χ0) is 24.9. The van der Waals surface area contributed by atoms with E-state index in [0.717, 1.165) is 19.5 Å². The van der Waals surface area contributed by atoms with Crippen molar-refractivity contribution in [3.63, 3.8) is 0 Å². The summed E-state index contributed by atoms with van der Waals surface area (Å²) in [7, 11) is 3.86. The Morgan fingerprint density at radius 1 is 1.00 bits per heavy atom. The van der Waals surface area contributed by atoms with Gasteiger partial charge in [0.15, 0.2) is 10.4 Å². The molecular weight excluding hydrogens is 506 g/mol. The molecule has 3 aromatic rings. The van der Waals surface area contributed by atoms with Crippen molar-refractivity contribution < 1.29 is 23.9 Å². The molecule has 3 heterocycles. The number of ether oxygens (including phenoxy) is 1. The number of aromatic nitrogens is 1. The van der Waals surface area contributed by atoms with Gasteiger partial charge in [-0.1, -0.05) is 35.1 Å². The van der Waals surface area contributed by atoms with Crippen molar-refractivity contribution in [2.75, 3.05) is 7.11 Å². The molecular formula is C24H19N3O5S3. The van der Waals surface area contributed by atoms with Gasteiger partial charge in [0.1, 0.15) is 11.1 Å². The zero-order valence-electron chi connectivity index (χ0n) is 18.9. The molecule has 0 spiro atoms. The number of nitrogens with zero attached hydrogens (tertiary/aromatic N) is 3. The maximum atomic E-state index is 13.4. The SMILES string of the molecule is COC(=O)C(=C(C)C)N1C(=O)C(N2C(=O)c3ccccc3C2=O)C1SSc1nc2ccccc2s1. The second-order valence-electron chi connectivity index (χ2n) is 8.04. The van der Waals surface area contributed by atoms with Crippen molar-refractivity contribution in [3.8, 4) is 0 Å². The van der Waals surface area contributed by atoms with E-state index in [9.17, 15) is 19.2 Å². The van der Waals surface area contributed by atoms with E-state index in [2.05, 4.69) is 4.98 Å². The standard InChI is InChI=1S/C24H19N3O5S3/c1-12(2)17(23(31)32-3)27-21(30)18(26-19(28)13-8-4-5-9-14(13)20(26)29)22(27)34-35-24-25-15-10-6-7-11-16(15)33-24/h4-11,18,22H,1-3H3. The van der Waals surface area contributed by atoms with Crippen molar-refractivity contribution in [1.29, 1.82) is 0 Å². The Hall–Kier alpha value is -3.15. The first kappa shape index (κ1) is 23.6. The minimum atomic E-state index is -1.06. The topological polar surface area (TPSA) is 96.9 Å². The highest BCUT2D eigenvalue weighted by atomic mass is 33.1. The Kier molecular flexibility index (Phi) is 6.16. The highest BCUT2D eigenvalue weighted by Crippen LogP contribution is 2.48. The number of carbonyl (C=O) groups excluding carboxylic acids is 4. The van der Waals surface area contributed by atoms with Gasteiger partial charge in [0.05, 0.1) is 28.5 Å². The molecule has 35 heavy (non-hydrogen) atoms. The van der Waals surface area contributed by atoms with Gasteiger partial charge < -0.3 is 4.74 Å². The summed E-state index contributed by atoms with van der Waals surface area (Å²) < 4.78 is 6.70. The van der Waals surface area contributed by atoms with Crippen LogP contribution in [-0.4, -0.2) is 57.0 Å². The largest absolute Gasteiger partial charge is 0.464 e. The van der Waals surface area contributed by atoms with E-state index < -0.39 is 35.1 Å². The Balaban J connectivity index is 1.49. The number of hydrogen-bond donors (Lipinski definition) is 0. The summed E-state index contributed by atoms with van der Waals surface area (Å²) in [5.41, 5.74) is 2.08. The first-order valence-electron chi connectivity index (χ1n) is 10.6. The molecule has 8 nitrogen and oxygen atoms in total. The van der Waals surface area contributed by atoms with Crippen LogP contribution in [0.1, 0.15) is 34.6 Å². The number of para-hydroxylation sites is 1. The van der Waals surface area contributed by atoms with Gasteiger partial charge in [-0.15, -0.1) is 11.3 Å². The lowest BCUT2D eigenvalue weighted by Gasteiger charge is -2.48.